The molecule has 0 bridgehead atoms. The van der Waals surface area contributed by atoms with E-state index in [1.165, 1.54) is 24.8 Å². The van der Waals surface area contributed by atoms with Gasteiger partial charge in [-0.25, -0.2) is 19.9 Å². The summed E-state index contributed by atoms with van der Waals surface area (Å²) in [5.74, 6) is -0.272. The molecule has 0 fully saturated rings. The van der Waals surface area contributed by atoms with Crippen LogP contribution in [0.15, 0.2) is 73.4 Å². The number of alkyl halides is 3. The molecule has 1 amide bonds. The summed E-state index contributed by atoms with van der Waals surface area (Å²) in [4.78, 5) is 32.7. The first-order chi connectivity index (χ1) is 17.3. The van der Waals surface area contributed by atoms with Gasteiger partial charge in [0.15, 0.2) is 5.65 Å². The zero-order chi connectivity index (χ0) is 25.3. The Bertz CT molecular complexity index is 1590. The van der Waals surface area contributed by atoms with E-state index in [0.29, 0.717) is 33.9 Å². The molecule has 3 heterocycles. The van der Waals surface area contributed by atoms with E-state index >= 15 is 0 Å². The molecular weight excluding hydrogens is 495 g/mol. The number of aromatic nitrogens is 5. The van der Waals surface area contributed by atoms with E-state index in [2.05, 4.69) is 35.6 Å². The Labute approximate surface area is 206 Å². The van der Waals surface area contributed by atoms with Crippen LogP contribution in [-0.4, -0.2) is 30.8 Å². The van der Waals surface area contributed by atoms with Gasteiger partial charge in [-0.15, -0.1) is 0 Å². The lowest BCUT2D eigenvalue weighted by atomic mass is 10.1. The third kappa shape index (κ3) is 4.68. The van der Waals surface area contributed by atoms with Crippen LogP contribution in [0.25, 0.3) is 22.4 Å². The molecule has 0 aliphatic rings. The van der Waals surface area contributed by atoms with Crippen molar-refractivity contribution >= 4 is 45.9 Å². The molecule has 0 radical (unpaired) electrons. The number of imidazole rings is 1. The molecule has 36 heavy (non-hydrogen) atoms. The van der Waals surface area contributed by atoms with Gasteiger partial charge in [0.2, 0.25) is 0 Å². The summed E-state index contributed by atoms with van der Waals surface area (Å²) < 4.78 is 39.1. The Morgan fingerprint density at radius 3 is 2.67 bits per heavy atom. The number of rotatable bonds is 5. The first-order valence-corrected chi connectivity index (χ1v) is 10.8. The lowest BCUT2D eigenvalue weighted by molar-refractivity contribution is -0.137. The fourth-order valence-electron chi connectivity index (χ4n) is 3.53. The Morgan fingerprint density at radius 2 is 1.83 bits per heavy atom. The first-order valence-electron chi connectivity index (χ1n) is 10.4. The van der Waals surface area contributed by atoms with Crippen molar-refractivity contribution in [1.82, 2.24) is 24.9 Å². The van der Waals surface area contributed by atoms with Gasteiger partial charge in [0.05, 0.1) is 22.6 Å². The number of amides is 1. The summed E-state index contributed by atoms with van der Waals surface area (Å²) in [6, 6.07) is 12.5. The quantitative estimate of drug-likeness (QED) is 0.265. The molecule has 5 rings (SSSR count). The molecule has 5 aromatic rings. The Morgan fingerprint density at radius 1 is 0.972 bits per heavy atom. The van der Waals surface area contributed by atoms with E-state index in [1.807, 2.05) is 6.07 Å². The second-order valence-electron chi connectivity index (χ2n) is 7.58. The SMILES string of the molecule is O=C(Nc1cc(Nc2ncccc2-c2ncnc3nc[nH]c23)ccc1Cl)c1cccc(C(F)(F)F)c1. The largest absolute Gasteiger partial charge is 0.416 e. The fourth-order valence-corrected chi connectivity index (χ4v) is 3.70. The summed E-state index contributed by atoms with van der Waals surface area (Å²) in [7, 11) is 0. The summed E-state index contributed by atoms with van der Waals surface area (Å²) in [6.45, 7) is 0. The van der Waals surface area contributed by atoms with E-state index in [9.17, 15) is 18.0 Å². The molecular formula is C24H15ClF3N7O. The Balaban J connectivity index is 1.43. The normalized spacial score (nSPS) is 11.4. The fraction of sp³-hybridized carbons (Fsp3) is 0.0417. The molecule has 12 heteroatoms. The number of anilines is 3. The van der Waals surface area contributed by atoms with Crippen molar-refractivity contribution in [3.8, 4) is 11.3 Å². The summed E-state index contributed by atoms with van der Waals surface area (Å²) in [5, 5.41) is 5.94. The average molecular weight is 510 g/mol. The number of nitrogens with one attached hydrogen (secondary N) is 3. The van der Waals surface area contributed by atoms with Crippen LogP contribution in [-0.2, 0) is 6.18 Å². The number of halogens is 4. The molecule has 0 aliphatic carbocycles. The minimum Gasteiger partial charge on any atom is -0.341 e. The lowest BCUT2D eigenvalue weighted by Gasteiger charge is -2.14. The molecule has 180 valence electrons. The van der Waals surface area contributed by atoms with E-state index in [-0.39, 0.29) is 16.3 Å². The van der Waals surface area contributed by atoms with Gasteiger partial charge in [-0.05, 0) is 48.5 Å². The second kappa shape index (κ2) is 9.27. The zero-order valence-corrected chi connectivity index (χ0v) is 18.9. The van der Waals surface area contributed by atoms with E-state index < -0.39 is 17.6 Å². The third-order valence-electron chi connectivity index (χ3n) is 5.22. The molecule has 0 spiro atoms. The van der Waals surface area contributed by atoms with Crippen LogP contribution in [0, 0.1) is 0 Å². The van der Waals surface area contributed by atoms with Crippen molar-refractivity contribution in [2.24, 2.45) is 0 Å². The molecule has 3 N–H and O–H groups in total. The number of nitrogens with zero attached hydrogens (tertiary/aromatic N) is 4. The number of benzene rings is 2. The molecule has 8 nitrogen and oxygen atoms in total. The minimum absolute atomic E-state index is 0.154. The third-order valence-corrected chi connectivity index (χ3v) is 5.54. The van der Waals surface area contributed by atoms with Gasteiger partial charge in [0, 0.05) is 23.0 Å². The number of H-pyrrole nitrogens is 1. The van der Waals surface area contributed by atoms with Gasteiger partial charge in [-0.3, -0.25) is 4.79 Å². The summed E-state index contributed by atoms with van der Waals surface area (Å²) in [6.07, 6.45) is -0.0448. The molecule has 3 aromatic heterocycles. The predicted octanol–water partition coefficient (Wildman–Crippen LogP) is 6.08. The van der Waals surface area contributed by atoms with Crippen molar-refractivity contribution in [2.75, 3.05) is 10.6 Å². The summed E-state index contributed by atoms with van der Waals surface area (Å²) >= 11 is 6.25. The highest BCUT2D eigenvalue weighted by atomic mass is 35.5. The van der Waals surface area contributed by atoms with Crippen molar-refractivity contribution < 1.29 is 18.0 Å². The predicted molar refractivity (Wildman–Crippen MR) is 129 cm³/mol. The molecule has 0 atom stereocenters. The van der Waals surface area contributed by atoms with Gasteiger partial charge in [-0.1, -0.05) is 17.7 Å². The molecule has 0 saturated heterocycles. The average Bonchev–Trinajstić information content (AvgIpc) is 3.35. The van der Waals surface area contributed by atoms with Gasteiger partial charge < -0.3 is 15.6 Å². The van der Waals surface area contributed by atoms with E-state index in [0.717, 1.165) is 12.1 Å². The molecule has 0 unspecified atom stereocenters. The molecule has 0 saturated carbocycles. The maximum atomic E-state index is 13.0. The van der Waals surface area contributed by atoms with Gasteiger partial charge in [-0.2, -0.15) is 13.2 Å². The minimum atomic E-state index is -4.57. The van der Waals surface area contributed by atoms with Crippen LogP contribution in [0.5, 0.6) is 0 Å². The second-order valence-corrected chi connectivity index (χ2v) is 7.98. The number of carbonyl (C=O) groups is 1. The monoisotopic (exact) mass is 509 g/mol. The van der Waals surface area contributed by atoms with Crippen LogP contribution in [0.3, 0.4) is 0 Å². The maximum absolute atomic E-state index is 13.0. The van der Waals surface area contributed by atoms with Crippen molar-refractivity contribution in [3.05, 3.63) is 89.6 Å². The number of fused-ring (bicyclic) bond motifs is 1. The highest BCUT2D eigenvalue weighted by Crippen LogP contribution is 2.33. The smallest absolute Gasteiger partial charge is 0.341 e. The number of aromatic amines is 1. The standard InChI is InChI=1S/C24H15ClF3N7O/c25-17-7-6-15(10-18(17)35-23(36)13-3-1-4-14(9-13)24(26,27)28)34-21-16(5-2-8-29-21)19-20-22(32-11-30-19)33-12-31-20/h1-12H,(H,29,34)(H,35,36)(H,30,31,32,33). The van der Waals surface area contributed by atoms with Crippen LogP contribution < -0.4 is 10.6 Å². The maximum Gasteiger partial charge on any atom is 0.416 e. The van der Waals surface area contributed by atoms with Crippen molar-refractivity contribution in [1.29, 1.82) is 0 Å². The van der Waals surface area contributed by atoms with Gasteiger partial charge in [0.1, 0.15) is 23.4 Å². The summed E-state index contributed by atoms with van der Waals surface area (Å²) in [5.41, 5.74) is 2.04. The highest BCUT2D eigenvalue weighted by Gasteiger charge is 2.31. The Kier molecular flexibility index (Phi) is 5.98. The van der Waals surface area contributed by atoms with E-state index in [4.69, 9.17) is 11.6 Å². The number of hydrogen-bond acceptors (Lipinski definition) is 6. The highest BCUT2D eigenvalue weighted by molar-refractivity contribution is 6.34. The number of hydrogen-bond donors (Lipinski definition) is 3. The lowest BCUT2D eigenvalue weighted by Crippen LogP contribution is -2.14. The molecule has 2 aromatic carbocycles. The zero-order valence-electron chi connectivity index (χ0n) is 18.1. The van der Waals surface area contributed by atoms with Crippen LogP contribution in [0.1, 0.15) is 15.9 Å². The van der Waals surface area contributed by atoms with Crippen molar-refractivity contribution in [2.45, 2.75) is 6.18 Å². The Hall–Kier alpha value is -4.51. The van der Waals surface area contributed by atoms with Gasteiger partial charge >= 0.3 is 6.18 Å². The van der Waals surface area contributed by atoms with Gasteiger partial charge in [0.25, 0.3) is 5.91 Å². The molecule has 0 aliphatic heterocycles. The van der Waals surface area contributed by atoms with Crippen LogP contribution in [0.4, 0.5) is 30.4 Å². The number of pyridine rings is 1. The first kappa shape index (κ1) is 23.2. The number of carbonyl (C=O) groups excluding carboxylic acids is 1. The topological polar surface area (TPSA) is 108 Å². The van der Waals surface area contributed by atoms with E-state index in [1.54, 1.807) is 30.5 Å². The van der Waals surface area contributed by atoms with Crippen LogP contribution in [0.2, 0.25) is 5.02 Å². The van der Waals surface area contributed by atoms with Crippen molar-refractivity contribution in [3.63, 3.8) is 0 Å². The van der Waals surface area contributed by atoms with Crippen LogP contribution >= 0.6 is 11.6 Å².